The largest absolute Gasteiger partial charge is 0.360 e. The summed E-state index contributed by atoms with van der Waals surface area (Å²) in [6.07, 6.45) is 2.57. The van der Waals surface area contributed by atoms with E-state index >= 15 is 0 Å². The van der Waals surface area contributed by atoms with E-state index in [0.717, 1.165) is 0 Å². The highest BCUT2D eigenvalue weighted by molar-refractivity contribution is 5.94. The Morgan fingerprint density at radius 3 is 2.75 bits per heavy atom. The van der Waals surface area contributed by atoms with Crippen LogP contribution in [0.2, 0.25) is 0 Å². The topological polar surface area (TPSA) is 108 Å². The molecule has 0 saturated carbocycles. The van der Waals surface area contributed by atoms with Gasteiger partial charge in [0.15, 0.2) is 5.82 Å². The number of carbonyl (C=O) groups excluding carboxylic acids is 2. The first-order chi connectivity index (χ1) is 11.5. The molecule has 1 fully saturated rings. The lowest BCUT2D eigenvalue weighted by Crippen LogP contribution is -2.42. The molecule has 1 saturated heterocycles. The van der Waals surface area contributed by atoms with Gasteiger partial charge in [-0.2, -0.15) is 0 Å². The number of hydrogen-bond acceptors (Lipinski definition) is 5. The summed E-state index contributed by atoms with van der Waals surface area (Å²) in [6, 6.07) is 4.78. The van der Waals surface area contributed by atoms with Crippen molar-refractivity contribution in [3.05, 3.63) is 46.1 Å². The Labute approximate surface area is 137 Å². The van der Waals surface area contributed by atoms with E-state index in [9.17, 15) is 14.4 Å². The molecule has 8 heteroatoms. The lowest BCUT2D eigenvalue weighted by atomic mass is 9.95. The molecule has 1 aliphatic rings. The van der Waals surface area contributed by atoms with Crippen molar-refractivity contribution >= 4 is 17.6 Å². The molecule has 126 valence electrons. The van der Waals surface area contributed by atoms with Crippen molar-refractivity contribution in [3.63, 3.8) is 0 Å². The number of carbonyl (C=O) groups is 2. The van der Waals surface area contributed by atoms with Gasteiger partial charge in [0.05, 0.1) is 0 Å². The number of nitrogens with one attached hydrogen (secondary N) is 2. The van der Waals surface area contributed by atoms with Crippen LogP contribution >= 0.6 is 0 Å². The van der Waals surface area contributed by atoms with Gasteiger partial charge in [-0.05, 0) is 31.9 Å². The van der Waals surface area contributed by atoms with Crippen LogP contribution in [0.4, 0.5) is 5.82 Å². The average Bonchev–Trinajstić information content (AvgIpc) is 2.99. The first-order valence-electron chi connectivity index (χ1n) is 7.76. The standard InChI is InChI=1S/C16H18N4O4/c1-10-9-13(19-24-10)18-14(21)11-4-7-20(8-5-11)16(23)12-3-2-6-17-15(12)22/h2-3,6,9,11H,4-5,7-8H2,1H3,(H,17,22)(H,18,19,21). The normalized spacial score (nSPS) is 15.3. The van der Waals surface area contributed by atoms with Crippen molar-refractivity contribution in [2.45, 2.75) is 19.8 Å². The molecule has 2 aromatic rings. The third-order valence-corrected chi connectivity index (χ3v) is 4.08. The lowest BCUT2D eigenvalue weighted by Gasteiger charge is -2.31. The second kappa shape index (κ2) is 6.69. The van der Waals surface area contributed by atoms with Gasteiger partial charge in [0.2, 0.25) is 5.91 Å². The number of piperidine rings is 1. The van der Waals surface area contributed by atoms with Gasteiger partial charge in [0, 0.05) is 31.3 Å². The molecule has 24 heavy (non-hydrogen) atoms. The Hall–Kier alpha value is -2.90. The van der Waals surface area contributed by atoms with Gasteiger partial charge < -0.3 is 19.7 Å². The molecule has 2 N–H and O–H groups in total. The number of aromatic nitrogens is 2. The molecule has 8 nitrogen and oxygen atoms in total. The summed E-state index contributed by atoms with van der Waals surface area (Å²) in [7, 11) is 0. The predicted molar refractivity (Wildman–Crippen MR) is 85.6 cm³/mol. The van der Waals surface area contributed by atoms with E-state index < -0.39 is 5.56 Å². The molecule has 0 unspecified atom stereocenters. The van der Waals surface area contributed by atoms with Crippen molar-refractivity contribution in [2.75, 3.05) is 18.4 Å². The Morgan fingerprint density at radius 2 is 2.12 bits per heavy atom. The van der Waals surface area contributed by atoms with Gasteiger partial charge in [-0.1, -0.05) is 5.16 Å². The van der Waals surface area contributed by atoms with Gasteiger partial charge in [-0.25, -0.2) is 0 Å². The van der Waals surface area contributed by atoms with E-state index in [2.05, 4.69) is 15.5 Å². The van der Waals surface area contributed by atoms with Gasteiger partial charge in [-0.15, -0.1) is 0 Å². The fourth-order valence-electron chi connectivity index (χ4n) is 2.76. The third-order valence-electron chi connectivity index (χ3n) is 4.08. The molecule has 0 radical (unpaired) electrons. The number of anilines is 1. The van der Waals surface area contributed by atoms with E-state index in [4.69, 9.17) is 4.52 Å². The van der Waals surface area contributed by atoms with Crippen LogP contribution < -0.4 is 10.9 Å². The highest BCUT2D eigenvalue weighted by atomic mass is 16.5. The molecule has 0 atom stereocenters. The van der Waals surface area contributed by atoms with Crippen LogP contribution in [0.3, 0.4) is 0 Å². The van der Waals surface area contributed by atoms with Crippen molar-refractivity contribution in [3.8, 4) is 0 Å². The van der Waals surface area contributed by atoms with Crippen LogP contribution in [0, 0.1) is 12.8 Å². The summed E-state index contributed by atoms with van der Waals surface area (Å²) in [4.78, 5) is 40.4. The van der Waals surface area contributed by atoms with Crippen LogP contribution in [-0.2, 0) is 4.79 Å². The summed E-state index contributed by atoms with van der Waals surface area (Å²) < 4.78 is 4.91. The highest BCUT2D eigenvalue weighted by Crippen LogP contribution is 2.20. The number of pyridine rings is 1. The molecule has 1 aliphatic heterocycles. The predicted octanol–water partition coefficient (Wildman–Crippen LogP) is 1.16. The van der Waals surface area contributed by atoms with Gasteiger partial charge in [-0.3, -0.25) is 14.4 Å². The van der Waals surface area contributed by atoms with E-state index in [1.807, 2.05) is 0 Å². The fraction of sp³-hybridized carbons (Fsp3) is 0.375. The Balaban J connectivity index is 1.57. The first kappa shape index (κ1) is 16.0. The first-order valence-corrected chi connectivity index (χ1v) is 7.76. The minimum absolute atomic E-state index is 0.124. The van der Waals surface area contributed by atoms with E-state index in [-0.39, 0.29) is 23.3 Å². The average molecular weight is 330 g/mol. The maximum Gasteiger partial charge on any atom is 0.260 e. The number of aryl methyl sites for hydroxylation is 1. The molecule has 0 aromatic carbocycles. The van der Waals surface area contributed by atoms with Gasteiger partial charge >= 0.3 is 0 Å². The van der Waals surface area contributed by atoms with Crippen molar-refractivity contribution in [2.24, 2.45) is 5.92 Å². The Morgan fingerprint density at radius 1 is 1.38 bits per heavy atom. The van der Waals surface area contributed by atoms with Gasteiger partial charge in [0.25, 0.3) is 11.5 Å². The molecule has 0 spiro atoms. The summed E-state index contributed by atoms with van der Waals surface area (Å²) in [6.45, 7) is 2.62. The Kier molecular flexibility index (Phi) is 4.45. The zero-order chi connectivity index (χ0) is 17.1. The summed E-state index contributed by atoms with van der Waals surface area (Å²) in [5, 5.41) is 6.45. The monoisotopic (exact) mass is 330 g/mol. The van der Waals surface area contributed by atoms with E-state index in [1.165, 1.54) is 12.3 Å². The number of amides is 2. The van der Waals surface area contributed by atoms with Gasteiger partial charge in [0.1, 0.15) is 11.3 Å². The second-order valence-corrected chi connectivity index (χ2v) is 5.79. The number of likely N-dealkylation sites (tertiary alicyclic amines) is 1. The lowest BCUT2D eigenvalue weighted by molar-refractivity contribution is -0.121. The number of hydrogen-bond donors (Lipinski definition) is 2. The third kappa shape index (κ3) is 3.37. The molecule has 2 aromatic heterocycles. The highest BCUT2D eigenvalue weighted by Gasteiger charge is 2.29. The van der Waals surface area contributed by atoms with Crippen LogP contribution in [-0.4, -0.2) is 39.9 Å². The SMILES string of the molecule is Cc1cc(NC(=O)C2CCN(C(=O)c3ccc[nH]c3=O)CC2)no1. The van der Waals surface area contributed by atoms with Crippen molar-refractivity contribution < 1.29 is 14.1 Å². The van der Waals surface area contributed by atoms with Crippen molar-refractivity contribution in [1.82, 2.24) is 15.0 Å². The van der Waals surface area contributed by atoms with Crippen LogP contribution in [0.5, 0.6) is 0 Å². The molecular weight excluding hydrogens is 312 g/mol. The number of H-pyrrole nitrogens is 1. The van der Waals surface area contributed by atoms with Crippen LogP contribution in [0.25, 0.3) is 0 Å². The van der Waals surface area contributed by atoms with Crippen molar-refractivity contribution in [1.29, 1.82) is 0 Å². The molecular formula is C16H18N4O4. The van der Waals surface area contributed by atoms with E-state index in [0.29, 0.717) is 37.5 Å². The number of aromatic amines is 1. The van der Waals surface area contributed by atoms with E-state index in [1.54, 1.807) is 24.0 Å². The summed E-state index contributed by atoms with van der Waals surface area (Å²) in [5.41, 5.74) is -0.276. The van der Waals surface area contributed by atoms with Crippen LogP contribution in [0.1, 0.15) is 29.0 Å². The number of nitrogens with zero attached hydrogens (tertiary/aromatic N) is 2. The molecule has 3 heterocycles. The molecule has 2 amide bonds. The zero-order valence-corrected chi connectivity index (χ0v) is 13.2. The maximum absolute atomic E-state index is 12.4. The molecule has 0 bridgehead atoms. The minimum Gasteiger partial charge on any atom is -0.360 e. The van der Waals surface area contributed by atoms with Crippen LogP contribution in [0.15, 0.2) is 33.7 Å². The summed E-state index contributed by atoms with van der Waals surface area (Å²) in [5.74, 6) is 0.390. The quantitative estimate of drug-likeness (QED) is 0.878. The molecule has 0 aliphatic carbocycles. The summed E-state index contributed by atoms with van der Waals surface area (Å²) >= 11 is 0. The molecule has 3 rings (SSSR count). The fourth-order valence-corrected chi connectivity index (χ4v) is 2.76. The maximum atomic E-state index is 12.4. The minimum atomic E-state index is -0.399. The second-order valence-electron chi connectivity index (χ2n) is 5.79. The smallest absolute Gasteiger partial charge is 0.260 e. The Bertz CT molecular complexity index is 802. The zero-order valence-electron chi connectivity index (χ0n) is 13.2. The number of rotatable bonds is 3.